The summed E-state index contributed by atoms with van der Waals surface area (Å²) in [5.41, 5.74) is 12.3. The number of rotatable bonds is 5. The minimum atomic E-state index is -1.09. The molecule has 25 heavy (non-hydrogen) atoms. The van der Waals surface area contributed by atoms with Gasteiger partial charge in [-0.25, -0.2) is 9.78 Å². The van der Waals surface area contributed by atoms with Crippen molar-refractivity contribution in [1.82, 2.24) is 15.0 Å². The fourth-order valence-corrected chi connectivity index (χ4v) is 3.35. The zero-order valence-electron chi connectivity index (χ0n) is 12.7. The van der Waals surface area contributed by atoms with E-state index >= 15 is 0 Å². The second kappa shape index (κ2) is 6.32. The Balaban J connectivity index is 1.95. The highest BCUT2D eigenvalue weighted by molar-refractivity contribution is 7.14. The molecule has 0 saturated heterocycles. The van der Waals surface area contributed by atoms with Gasteiger partial charge in [0, 0.05) is 11.1 Å². The lowest BCUT2D eigenvalue weighted by Gasteiger charge is -2.11. The van der Waals surface area contributed by atoms with E-state index in [0.717, 1.165) is 11.3 Å². The fourth-order valence-electron chi connectivity index (χ4n) is 2.41. The Morgan fingerprint density at radius 3 is 2.60 bits per heavy atom. The van der Waals surface area contributed by atoms with Crippen LogP contribution in [0.4, 0.5) is 11.8 Å². The van der Waals surface area contributed by atoms with Gasteiger partial charge in [0.25, 0.3) is 0 Å². The summed E-state index contributed by atoms with van der Waals surface area (Å²) in [6.45, 7) is 0. The van der Waals surface area contributed by atoms with E-state index in [-0.39, 0.29) is 23.1 Å². The first-order valence-corrected chi connectivity index (χ1v) is 7.90. The molecule has 0 radical (unpaired) electrons. The number of aliphatic carboxylic acids is 1. The molecule has 10 heteroatoms. The van der Waals surface area contributed by atoms with E-state index in [0.29, 0.717) is 21.5 Å². The molecule has 0 fully saturated rings. The number of anilines is 2. The van der Waals surface area contributed by atoms with Crippen molar-refractivity contribution < 1.29 is 19.8 Å². The SMILES string of the molecule is Nc1nc(N)c2cc(CC(C(=O)O)c3ccc(C(=O)O)s3)cnc2n1. The minimum absolute atomic E-state index is 0.00782. The molecule has 0 aromatic carbocycles. The lowest BCUT2D eigenvalue weighted by Crippen LogP contribution is -2.13. The summed E-state index contributed by atoms with van der Waals surface area (Å²) in [4.78, 5) is 35.1. The van der Waals surface area contributed by atoms with E-state index in [1.807, 2.05) is 0 Å². The minimum Gasteiger partial charge on any atom is -0.481 e. The summed E-state index contributed by atoms with van der Waals surface area (Å²) in [5.74, 6) is -2.87. The number of nitrogens with two attached hydrogens (primary N) is 2. The van der Waals surface area contributed by atoms with Gasteiger partial charge in [0.2, 0.25) is 5.95 Å². The van der Waals surface area contributed by atoms with Crippen LogP contribution in [0.1, 0.15) is 26.0 Å². The van der Waals surface area contributed by atoms with Crippen molar-refractivity contribution in [3.63, 3.8) is 0 Å². The maximum Gasteiger partial charge on any atom is 0.345 e. The number of carboxylic acid groups (broad SMARTS) is 2. The molecule has 3 rings (SSSR count). The number of nitrogen functional groups attached to an aromatic ring is 2. The Morgan fingerprint density at radius 2 is 1.96 bits per heavy atom. The number of aromatic nitrogens is 3. The highest BCUT2D eigenvalue weighted by Gasteiger charge is 2.24. The van der Waals surface area contributed by atoms with Gasteiger partial charge in [-0.1, -0.05) is 0 Å². The van der Waals surface area contributed by atoms with Gasteiger partial charge in [0.1, 0.15) is 10.7 Å². The summed E-state index contributed by atoms with van der Waals surface area (Å²) < 4.78 is 0. The van der Waals surface area contributed by atoms with E-state index < -0.39 is 17.9 Å². The van der Waals surface area contributed by atoms with Crippen molar-refractivity contribution in [1.29, 1.82) is 0 Å². The Kier molecular flexibility index (Phi) is 4.19. The van der Waals surface area contributed by atoms with E-state index in [2.05, 4.69) is 15.0 Å². The molecule has 9 nitrogen and oxygen atoms in total. The standard InChI is InChI=1S/C15H13N5O4S/c16-11-8-4-6(5-18-12(8)20-15(17)19-11)3-7(13(21)22)9-1-2-10(25-9)14(23)24/h1-2,4-5,7H,3H2,(H,21,22)(H,23,24)(H4,16,17,18,19,20). The molecule has 3 heterocycles. The van der Waals surface area contributed by atoms with Crippen LogP contribution in [0.3, 0.4) is 0 Å². The molecule has 128 valence electrons. The predicted octanol–water partition coefficient (Wildman–Crippen LogP) is 1.36. The van der Waals surface area contributed by atoms with E-state index in [1.165, 1.54) is 18.3 Å². The summed E-state index contributed by atoms with van der Waals surface area (Å²) in [6, 6.07) is 4.57. The summed E-state index contributed by atoms with van der Waals surface area (Å²) in [7, 11) is 0. The number of hydrogen-bond acceptors (Lipinski definition) is 8. The summed E-state index contributed by atoms with van der Waals surface area (Å²) in [6.07, 6.45) is 1.62. The Hall–Kier alpha value is -3.27. The first kappa shape index (κ1) is 16.6. The average molecular weight is 359 g/mol. The lowest BCUT2D eigenvalue weighted by atomic mass is 9.98. The monoisotopic (exact) mass is 359 g/mol. The molecule has 0 aliphatic heterocycles. The van der Waals surface area contributed by atoms with Gasteiger partial charge in [0.05, 0.1) is 11.3 Å². The second-order valence-electron chi connectivity index (χ2n) is 5.28. The average Bonchev–Trinajstić information content (AvgIpc) is 3.02. The number of fused-ring (bicyclic) bond motifs is 1. The highest BCUT2D eigenvalue weighted by Crippen LogP contribution is 2.29. The molecule has 0 amide bonds. The molecule has 0 bridgehead atoms. The Labute approximate surface area is 145 Å². The van der Waals surface area contributed by atoms with Crippen molar-refractivity contribution >= 4 is 46.1 Å². The van der Waals surface area contributed by atoms with Crippen molar-refractivity contribution in [2.75, 3.05) is 11.5 Å². The van der Waals surface area contributed by atoms with Crippen LogP contribution in [-0.4, -0.2) is 37.1 Å². The van der Waals surface area contributed by atoms with Gasteiger partial charge < -0.3 is 21.7 Å². The van der Waals surface area contributed by atoms with E-state index in [9.17, 15) is 14.7 Å². The smallest absolute Gasteiger partial charge is 0.345 e. The molecule has 1 atom stereocenters. The summed E-state index contributed by atoms with van der Waals surface area (Å²) in [5, 5.41) is 19.0. The lowest BCUT2D eigenvalue weighted by molar-refractivity contribution is -0.138. The number of hydrogen-bond donors (Lipinski definition) is 4. The zero-order valence-corrected chi connectivity index (χ0v) is 13.5. The molecule has 3 aromatic heterocycles. The molecule has 0 spiro atoms. The third kappa shape index (κ3) is 3.33. The number of aromatic carboxylic acids is 1. The Bertz CT molecular complexity index is 987. The maximum absolute atomic E-state index is 11.6. The Morgan fingerprint density at radius 1 is 1.20 bits per heavy atom. The van der Waals surface area contributed by atoms with E-state index in [1.54, 1.807) is 6.07 Å². The third-order valence-corrected chi connectivity index (χ3v) is 4.76. The van der Waals surface area contributed by atoms with Gasteiger partial charge in [-0.15, -0.1) is 11.3 Å². The molecule has 6 N–H and O–H groups in total. The predicted molar refractivity (Wildman–Crippen MR) is 91.5 cm³/mol. The molecule has 0 aliphatic rings. The number of thiophene rings is 1. The van der Waals surface area contributed by atoms with Gasteiger partial charge in [-0.2, -0.15) is 9.97 Å². The molecule has 1 unspecified atom stereocenters. The van der Waals surface area contributed by atoms with Crippen LogP contribution in [0.25, 0.3) is 11.0 Å². The number of pyridine rings is 1. The molecule has 0 saturated carbocycles. The van der Waals surface area contributed by atoms with Gasteiger partial charge >= 0.3 is 11.9 Å². The highest BCUT2D eigenvalue weighted by atomic mass is 32.1. The topological polar surface area (TPSA) is 165 Å². The van der Waals surface area contributed by atoms with Crippen LogP contribution in [0.5, 0.6) is 0 Å². The number of carboxylic acids is 2. The van der Waals surface area contributed by atoms with Gasteiger partial charge in [0.15, 0.2) is 5.65 Å². The number of carbonyl (C=O) groups is 2. The second-order valence-corrected chi connectivity index (χ2v) is 6.40. The van der Waals surface area contributed by atoms with Crippen molar-refractivity contribution in [3.05, 3.63) is 39.7 Å². The van der Waals surface area contributed by atoms with E-state index in [4.69, 9.17) is 16.6 Å². The van der Waals surface area contributed by atoms with Crippen LogP contribution in [0.2, 0.25) is 0 Å². The first-order valence-electron chi connectivity index (χ1n) is 7.08. The van der Waals surface area contributed by atoms with Gasteiger partial charge in [-0.05, 0) is 30.2 Å². The quantitative estimate of drug-likeness (QED) is 0.526. The van der Waals surface area contributed by atoms with Crippen LogP contribution < -0.4 is 11.5 Å². The largest absolute Gasteiger partial charge is 0.481 e. The van der Waals surface area contributed by atoms with Crippen LogP contribution in [-0.2, 0) is 11.2 Å². The molecule has 3 aromatic rings. The first-order chi connectivity index (χ1) is 11.8. The molecule has 0 aliphatic carbocycles. The zero-order chi connectivity index (χ0) is 18.1. The van der Waals surface area contributed by atoms with Crippen LogP contribution in [0, 0.1) is 0 Å². The van der Waals surface area contributed by atoms with Crippen molar-refractivity contribution in [2.45, 2.75) is 12.3 Å². The van der Waals surface area contributed by atoms with Crippen molar-refractivity contribution in [3.8, 4) is 0 Å². The number of nitrogens with zero attached hydrogens (tertiary/aromatic N) is 3. The summed E-state index contributed by atoms with van der Waals surface area (Å²) >= 11 is 0.939. The molecular weight excluding hydrogens is 346 g/mol. The van der Waals surface area contributed by atoms with Crippen LogP contribution >= 0.6 is 11.3 Å². The maximum atomic E-state index is 11.6. The van der Waals surface area contributed by atoms with Crippen molar-refractivity contribution in [2.24, 2.45) is 0 Å². The third-order valence-electron chi connectivity index (χ3n) is 3.57. The molecular formula is C15H13N5O4S. The normalized spacial score (nSPS) is 12.2. The van der Waals surface area contributed by atoms with Crippen LogP contribution in [0.15, 0.2) is 24.4 Å². The fraction of sp³-hybridized carbons (Fsp3) is 0.133. The van der Waals surface area contributed by atoms with Gasteiger partial charge in [-0.3, -0.25) is 4.79 Å².